The van der Waals surface area contributed by atoms with Gasteiger partial charge >= 0.3 is 0 Å². The van der Waals surface area contributed by atoms with Gasteiger partial charge in [-0.2, -0.15) is 0 Å². The second-order valence-corrected chi connectivity index (χ2v) is 5.75. The van der Waals surface area contributed by atoms with E-state index in [1.165, 1.54) is 24.0 Å². The molecule has 2 aromatic heterocycles. The van der Waals surface area contributed by atoms with Crippen molar-refractivity contribution in [1.29, 1.82) is 0 Å². The lowest BCUT2D eigenvalue weighted by atomic mass is 9.99. The Kier molecular flexibility index (Phi) is 3.00. The summed E-state index contributed by atoms with van der Waals surface area (Å²) < 4.78 is 6.04. The minimum absolute atomic E-state index is 0.446. The van der Waals surface area contributed by atoms with Gasteiger partial charge in [-0.05, 0) is 50.2 Å². The maximum Gasteiger partial charge on any atom is 0.135 e. The lowest BCUT2D eigenvalue weighted by molar-refractivity contribution is 0.317. The number of para-hydroxylation sites is 1. The Balaban J connectivity index is 1.84. The molecule has 0 bridgehead atoms. The number of hydrogen-bond donors (Lipinski definition) is 0. The van der Waals surface area contributed by atoms with E-state index in [0.717, 1.165) is 23.3 Å². The minimum Gasteiger partial charge on any atom is -0.456 e. The number of hydrogen-bond acceptors (Lipinski definition) is 3. The Labute approximate surface area is 124 Å². The molecule has 3 heterocycles. The lowest BCUT2D eigenvalue weighted by Crippen LogP contribution is -2.18. The Morgan fingerprint density at radius 2 is 2.14 bits per heavy atom. The van der Waals surface area contributed by atoms with Gasteiger partial charge in [0, 0.05) is 29.4 Å². The molecule has 1 saturated heterocycles. The predicted molar refractivity (Wildman–Crippen MR) is 84.1 cm³/mol. The molecular formula is C18H18N2O. The van der Waals surface area contributed by atoms with E-state index in [-0.39, 0.29) is 0 Å². The summed E-state index contributed by atoms with van der Waals surface area (Å²) in [6.07, 6.45) is 6.28. The molecule has 1 aliphatic heterocycles. The first-order chi connectivity index (χ1) is 10.3. The quantitative estimate of drug-likeness (QED) is 0.701. The predicted octanol–water partition coefficient (Wildman–Crippen LogP) is 4.26. The molecule has 1 aliphatic rings. The van der Waals surface area contributed by atoms with Crippen molar-refractivity contribution in [3.63, 3.8) is 0 Å². The van der Waals surface area contributed by atoms with E-state index in [4.69, 9.17) is 4.42 Å². The molecule has 0 N–H and O–H groups in total. The normalized spacial score (nSPS) is 19.4. The Hall–Kier alpha value is -2.13. The highest BCUT2D eigenvalue weighted by Crippen LogP contribution is 2.37. The van der Waals surface area contributed by atoms with Gasteiger partial charge in [0.15, 0.2) is 0 Å². The number of likely N-dealkylation sites (tertiary alicyclic amines) is 1. The van der Waals surface area contributed by atoms with E-state index in [1.54, 1.807) is 0 Å². The fraction of sp³-hybridized carbons (Fsp3) is 0.278. The summed E-state index contributed by atoms with van der Waals surface area (Å²) in [6.45, 7) is 1.15. The van der Waals surface area contributed by atoms with Gasteiger partial charge in [-0.3, -0.25) is 9.88 Å². The average molecular weight is 278 g/mol. The van der Waals surface area contributed by atoms with Gasteiger partial charge in [0.25, 0.3) is 0 Å². The first-order valence-corrected chi connectivity index (χ1v) is 7.46. The third kappa shape index (κ3) is 2.14. The number of pyridine rings is 1. The smallest absolute Gasteiger partial charge is 0.135 e. The second kappa shape index (κ2) is 5.01. The molecule has 0 amide bonds. The molecule has 3 aromatic rings. The first kappa shape index (κ1) is 12.6. The van der Waals surface area contributed by atoms with Gasteiger partial charge in [-0.25, -0.2) is 0 Å². The van der Waals surface area contributed by atoms with Crippen molar-refractivity contribution in [3.8, 4) is 11.3 Å². The van der Waals surface area contributed by atoms with Gasteiger partial charge in [-0.1, -0.05) is 18.2 Å². The largest absolute Gasteiger partial charge is 0.456 e. The summed E-state index contributed by atoms with van der Waals surface area (Å²) in [4.78, 5) is 6.74. The molecule has 3 nitrogen and oxygen atoms in total. The van der Waals surface area contributed by atoms with E-state index < -0.39 is 0 Å². The standard InChI is InChI=1S/C18H18N2O/c1-20-10-4-6-16(20)15-12-19-9-8-14(15)18-11-13-5-2-3-7-17(13)21-18/h2-3,5,7-9,11-12,16H,4,6,10H2,1H3/t16-/m0/s1. The highest BCUT2D eigenvalue weighted by molar-refractivity contribution is 5.83. The zero-order chi connectivity index (χ0) is 14.2. The Morgan fingerprint density at radius 1 is 1.24 bits per heavy atom. The third-order valence-electron chi connectivity index (χ3n) is 4.42. The van der Waals surface area contributed by atoms with Gasteiger partial charge in [0.2, 0.25) is 0 Å². The van der Waals surface area contributed by atoms with Crippen molar-refractivity contribution in [2.75, 3.05) is 13.6 Å². The monoisotopic (exact) mass is 278 g/mol. The van der Waals surface area contributed by atoms with Crippen molar-refractivity contribution in [2.24, 2.45) is 0 Å². The van der Waals surface area contributed by atoms with E-state index in [2.05, 4.69) is 35.1 Å². The minimum atomic E-state index is 0.446. The molecule has 3 heteroatoms. The Morgan fingerprint density at radius 3 is 2.95 bits per heavy atom. The highest BCUT2D eigenvalue weighted by Gasteiger charge is 2.26. The summed E-state index contributed by atoms with van der Waals surface area (Å²) in [6, 6.07) is 12.8. The molecule has 0 aliphatic carbocycles. The zero-order valence-electron chi connectivity index (χ0n) is 12.1. The van der Waals surface area contributed by atoms with Crippen molar-refractivity contribution in [1.82, 2.24) is 9.88 Å². The molecular weight excluding hydrogens is 260 g/mol. The summed E-state index contributed by atoms with van der Waals surface area (Å²) in [5.41, 5.74) is 3.38. The first-order valence-electron chi connectivity index (χ1n) is 7.46. The van der Waals surface area contributed by atoms with Crippen LogP contribution >= 0.6 is 0 Å². The summed E-state index contributed by atoms with van der Waals surface area (Å²) in [5, 5.41) is 1.15. The molecule has 0 unspecified atom stereocenters. The molecule has 0 saturated carbocycles. The molecule has 21 heavy (non-hydrogen) atoms. The van der Waals surface area contributed by atoms with Crippen LogP contribution in [0.2, 0.25) is 0 Å². The fourth-order valence-electron chi connectivity index (χ4n) is 3.31. The maximum atomic E-state index is 6.04. The number of nitrogens with zero attached hydrogens (tertiary/aromatic N) is 2. The molecule has 1 fully saturated rings. The lowest BCUT2D eigenvalue weighted by Gasteiger charge is -2.21. The van der Waals surface area contributed by atoms with Crippen LogP contribution in [0.25, 0.3) is 22.3 Å². The zero-order valence-corrected chi connectivity index (χ0v) is 12.1. The number of furan rings is 1. The number of benzene rings is 1. The third-order valence-corrected chi connectivity index (χ3v) is 4.42. The van der Waals surface area contributed by atoms with E-state index >= 15 is 0 Å². The number of rotatable bonds is 2. The molecule has 106 valence electrons. The van der Waals surface area contributed by atoms with Crippen LogP contribution in [-0.4, -0.2) is 23.5 Å². The van der Waals surface area contributed by atoms with Crippen molar-refractivity contribution in [2.45, 2.75) is 18.9 Å². The Bertz CT molecular complexity index is 744. The molecule has 1 atom stereocenters. The van der Waals surface area contributed by atoms with Crippen LogP contribution in [0.5, 0.6) is 0 Å². The average Bonchev–Trinajstić information content (AvgIpc) is 3.13. The molecule has 1 aromatic carbocycles. The van der Waals surface area contributed by atoms with Gasteiger partial charge in [0.1, 0.15) is 11.3 Å². The van der Waals surface area contributed by atoms with E-state index in [9.17, 15) is 0 Å². The SMILES string of the molecule is CN1CCC[C@H]1c1cnccc1-c1cc2ccccc2o1. The van der Waals surface area contributed by atoms with Crippen LogP contribution in [-0.2, 0) is 0 Å². The molecule has 0 spiro atoms. The summed E-state index contributed by atoms with van der Waals surface area (Å²) in [5.74, 6) is 0.939. The van der Waals surface area contributed by atoms with Crippen LogP contribution in [0.1, 0.15) is 24.4 Å². The van der Waals surface area contributed by atoms with Crippen LogP contribution < -0.4 is 0 Å². The molecule has 0 radical (unpaired) electrons. The van der Waals surface area contributed by atoms with Crippen LogP contribution in [0.15, 0.2) is 53.2 Å². The highest BCUT2D eigenvalue weighted by atomic mass is 16.3. The summed E-state index contributed by atoms with van der Waals surface area (Å²) in [7, 11) is 2.19. The second-order valence-electron chi connectivity index (χ2n) is 5.75. The van der Waals surface area contributed by atoms with Crippen LogP contribution in [0, 0.1) is 0 Å². The number of fused-ring (bicyclic) bond motifs is 1. The van der Waals surface area contributed by atoms with Crippen LogP contribution in [0.3, 0.4) is 0 Å². The number of aromatic nitrogens is 1. The maximum absolute atomic E-state index is 6.04. The van der Waals surface area contributed by atoms with Crippen LogP contribution in [0.4, 0.5) is 0 Å². The van der Waals surface area contributed by atoms with Crippen molar-refractivity contribution < 1.29 is 4.42 Å². The van der Waals surface area contributed by atoms with Gasteiger partial charge < -0.3 is 4.42 Å². The molecule has 4 rings (SSSR count). The summed E-state index contributed by atoms with van der Waals surface area (Å²) >= 11 is 0. The van der Waals surface area contributed by atoms with Gasteiger partial charge in [-0.15, -0.1) is 0 Å². The topological polar surface area (TPSA) is 29.3 Å². The van der Waals surface area contributed by atoms with E-state index in [1.807, 2.05) is 30.6 Å². The van der Waals surface area contributed by atoms with Crippen molar-refractivity contribution >= 4 is 11.0 Å². The van der Waals surface area contributed by atoms with Crippen molar-refractivity contribution in [3.05, 3.63) is 54.4 Å². The van der Waals surface area contributed by atoms with Gasteiger partial charge in [0.05, 0.1) is 0 Å². The fourth-order valence-corrected chi connectivity index (χ4v) is 3.31. The van der Waals surface area contributed by atoms with E-state index in [0.29, 0.717) is 6.04 Å².